The zero-order valence-corrected chi connectivity index (χ0v) is 19.0. The van der Waals surface area contributed by atoms with Crippen molar-refractivity contribution in [2.75, 3.05) is 15.6 Å². The van der Waals surface area contributed by atoms with E-state index < -0.39 is 38.1 Å². The van der Waals surface area contributed by atoms with Crippen LogP contribution in [-0.4, -0.2) is 26.0 Å². The van der Waals surface area contributed by atoms with Crippen LogP contribution in [0.5, 0.6) is 0 Å². The van der Waals surface area contributed by atoms with Crippen LogP contribution in [0.1, 0.15) is 16.7 Å². The van der Waals surface area contributed by atoms with E-state index in [2.05, 4.69) is 0 Å². The second-order valence-electron chi connectivity index (χ2n) is 8.10. The molecule has 2 amide bonds. The Morgan fingerprint density at radius 3 is 2.52 bits per heavy atom. The monoisotopic (exact) mass is 484 g/mol. The lowest BCUT2D eigenvalue weighted by Crippen LogP contribution is -2.54. The van der Waals surface area contributed by atoms with Crippen molar-refractivity contribution in [3.63, 3.8) is 0 Å². The van der Waals surface area contributed by atoms with Crippen LogP contribution < -0.4 is 9.80 Å². The number of rotatable bonds is 3. The van der Waals surface area contributed by atoms with Crippen LogP contribution in [0.15, 0.2) is 66.7 Å². The highest BCUT2D eigenvalue weighted by Gasteiger charge is 2.69. The largest absolute Gasteiger partial charge is 0.304 e. The molecule has 9 heteroatoms. The molecule has 0 saturated carbocycles. The summed E-state index contributed by atoms with van der Waals surface area (Å²) in [6.07, 6.45) is 0. The van der Waals surface area contributed by atoms with Crippen molar-refractivity contribution < 1.29 is 22.4 Å². The highest BCUT2D eigenvalue weighted by molar-refractivity contribution is 7.94. The van der Waals surface area contributed by atoms with Gasteiger partial charge in [-0.25, -0.2) is 12.8 Å². The van der Waals surface area contributed by atoms with Gasteiger partial charge in [-0.15, -0.1) is 0 Å². The molecular formula is C24H18ClFN2O4S. The van der Waals surface area contributed by atoms with E-state index in [0.717, 1.165) is 10.5 Å². The lowest BCUT2D eigenvalue weighted by molar-refractivity contribution is -0.123. The van der Waals surface area contributed by atoms with Gasteiger partial charge in [0.05, 0.1) is 12.2 Å². The first-order chi connectivity index (χ1) is 15.7. The number of hydrogen-bond acceptors (Lipinski definition) is 4. The molecule has 1 spiro atoms. The number of fused-ring (bicyclic) bond motifs is 2. The number of hydrogen-bond donors (Lipinski definition) is 0. The summed E-state index contributed by atoms with van der Waals surface area (Å²) >= 11 is 6.28. The van der Waals surface area contributed by atoms with E-state index in [9.17, 15) is 22.4 Å². The minimum atomic E-state index is -4.28. The van der Waals surface area contributed by atoms with Gasteiger partial charge in [0, 0.05) is 16.3 Å². The third kappa shape index (κ3) is 3.01. The molecular weight excluding hydrogens is 467 g/mol. The summed E-state index contributed by atoms with van der Waals surface area (Å²) in [5.41, 5.74) is 1.99. The van der Waals surface area contributed by atoms with Crippen molar-refractivity contribution in [2.24, 2.45) is 0 Å². The fourth-order valence-electron chi connectivity index (χ4n) is 4.59. The zero-order chi connectivity index (χ0) is 23.5. The van der Waals surface area contributed by atoms with Gasteiger partial charge in [0.2, 0.25) is 5.91 Å². The second kappa shape index (κ2) is 7.40. The van der Waals surface area contributed by atoms with Gasteiger partial charge in [-0.2, -0.15) is 0 Å². The molecule has 0 radical (unpaired) electrons. The highest BCUT2D eigenvalue weighted by Crippen LogP contribution is 2.53. The van der Waals surface area contributed by atoms with Gasteiger partial charge < -0.3 is 4.90 Å². The van der Waals surface area contributed by atoms with Gasteiger partial charge in [-0.05, 0) is 48.4 Å². The van der Waals surface area contributed by atoms with Crippen LogP contribution in [0.25, 0.3) is 0 Å². The predicted molar refractivity (Wildman–Crippen MR) is 123 cm³/mol. The summed E-state index contributed by atoms with van der Waals surface area (Å²) in [4.78, 5) is 27.2. The van der Waals surface area contributed by atoms with Gasteiger partial charge in [0.15, 0.2) is 9.84 Å². The summed E-state index contributed by atoms with van der Waals surface area (Å²) < 4.78 is 40.9. The van der Waals surface area contributed by atoms with E-state index in [4.69, 9.17) is 11.6 Å². The Labute approximate surface area is 195 Å². The van der Waals surface area contributed by atoms with Crippen LogP contribution in [0.4, 0.5) is 15.8 Å². The quantitative estimate of drug-likeness (QED) is 0.564. The third-order valence-electron chi connectivity index (χ3n) is 6.07. The Balaban J connectivity index is 1.74. The number of sulfone groups is 1. The number of carbonyl (C=O) groups is 2. The smallest absolute Gasteiger partial charge is 0.274 e. The van der Waals surface area contributed by atoms with Crippen molar-refractivity contribution in [1.82, 2.24) is 0 Å². The highest BCUT2D eigenvalue weighted by atomic mass is 35.5. The predicted octanol–water partition coefficient (Wildman–Crippen LogP) is 3.95. The number of carbonyl (C=O) groups excluding carboxylic acids is 2. The van der Waals surface area contributed by atoms with Gasteiger partial charge in [0.25, 0.3) is 10.8 Å². The summed E-state index contributed by atoms with van der Waals surface area (Å²) in [5, 5.41) is 0.343. The standard InChI is InChI=1S/C24H18ClFN2O4S/c1-15-9-10-18(12-20(15)25)28-22(29)14-33(31,32)24(28)19-7-2-3-8-21(19)27(23(24)30)13-16-5-4-6-17(26)11-16/h2-12H,13-14H2,1H3. The molecule has 0 bridgehead atoms. The molecule has 2 heterocycles. The lowest BCUT2D eigenvalue weighted by Gasteiger charge is -2.32. The Hall–Kier alpha value is -3.23. The molecule has 3 aromatic carbocycles. The summed E-state index contributed by atoms with van der Waals surface area (Å²) in [7, 11) is -4.28. The molecule has 0 aromatic heterocycles. The van der Waals surface area contributed by atoms with Gasteiger partial charge in [-0.1, -0.05) is 48.0 Å². The molecule has 1 atom stereocenters. The Morgan fingerprint density at radius 1 is 1.03 bits per heavy atom. The molecule has 1 saturated heterocycles. The van der Waals surface area contributed by atoms with Gasteiger partial charge >= 0.3 is 0 Å². The van der Waals surface area contributed by atoms with Crippen LogP contribution in [-0.2, 0) is 30.8 Å². The van der Waals surface area contributed by atoms with E-state index in [0.29, 0.717) is 16.3 Å². The molecule has 0 N–H and O–H groups in total. The van der Waals surface area contributed by atoms with Gasteiger partial charge in [-0.3, -0.25) is 14.5 Å². The molecule has 2 aliphatic rings. The van der Waals surface area contributed by atoms with E-state index in [1.807, 2.05) is 0 Å². The molecule has 2 aliphatic heterocycles. The van der Waals surface area contributed by atoms with E-state index in [1.165, 1.54) is 35.2 Å². The fourth-order valence-corrected chi connectivity index (χ4v) is 6.79. The van der Waals surface area contributed by atoms with Crippen molar-refractivity contribution in [1.29, 1.82) is 0 Å². The van der Waals surface area contributed by atoms with E-state index in [-0.39, 0.29) is 17.8 Å². The number of benzene rings is 3. The lowest BCUT2D eigenvalue weighted by atomic mass is 10.0. The molecule has 3 aromatic rings. The van der Waals surface area contributed by atoms with Crippen LogP contribution in [0.3, 0.4) is 0 Å². The normalized spacial score (nSPS) is 21.2. The maximum absolute atomic E-state index is 14.0. The van der Waals surface area contributed by atoms with Crippen molar-refractivity contribution >= 4 is 44.6 Å². The Morgan fingerprint density at radius 2 is 1.79 bits per heavy atom. The van der Waals surface area contributed by atoms with Crippen molar-refractivity contribution in [2.45, 2.75) is 18.3 Å². The first-order valence-corrected chi connectivity index (χ1v) is 12.2. The number of halogens is 2. The molecule has 0 aliphatic carbocycles. The summed E-state index contributed by atoms with van der Waals surface area (Å²) in [6.45, 7) is 1.72. The number of amides is 2. The van der Waals surface area contributed by atoms with Crippen LogP contribution in [0.2, 0.25) is 5.02 Å². The zero-order valence-electron chi connectivity index (χ0n) is 17.5. The number of anilines is 2. The molecule has 168 valence electrons. The maximum atomic E-state index is 14.0. The average molecular weight is 485 g/mol. The molecule has 1 unspecified atom stereocenters. The van der Waals surface area contributed by atoms with Crippen LogP contribution >= 0.6 is 11.6 Å². The number of para-hydroxylation sites is 1. The minimum absolute atomic E-state index is 0.0540. The maximum Gasteiger partial charge on any atom is 0.274 e. The van der Waals surface area contributed by atoms with Crippen molar-refractivity contribution in [3.8, 4) is 0 Å². The van der Waals surface area contributed by atoms with Crippen molar-refractivity contribution in [3.05, 3.63) is 94.3 Å². The Kier molecular flexibility index (Phi) is 4.84. The fraction of sp³-hybridized carbons (Fsp3) is 0.167. The minimum Gasteiger partial charge on any atom is -0.304 e. The summed E-state index contributed by atoms with van der Waals surface area (Å²) in [6, 6.07) is 16.9. The topological polar surface area (TPSA) is 74.8 Å². The molecule has 1 fully saturated rings. The summed E-state index contributed by atoms with van der Waals surface area (Å²) in [5.74, 6) is -2.78. The molecule has 5 rings (SSSR count). The molecule has 33 heavy (non-hydrogen) atoms. The second-order valence-corrected chi connectivity index (χ2v) is 10.6. The third-order valence-corrected chi connectivity index (χ3v) is 8.58. The average Bonchev–Trinajstić information content (AvgIpc) is 3.13. The number of aryl methyl sites for hydroxylation is 1. The van der Waals surface area contributed by atoms with E-state index >= 15 is 0 Å². The first kappa shape index (κ1) is 21.6. The first-order valence-electron chi connectivity index (χ1n) is 10.1. The Bertz CT molecular complexity index is 1440. The van der Waals surface area contributed by atoms with Gasteiger partial charge in [0.1, 0.15) is 11.6 Å². The number of nitrogens with zero attached hydrogens (tertiary/aromatic N) is 2. The van der Waals surface area contributed by atoms with E-state index in [1.54, 1.807) is 43.3 Å². The SMILES string of the molecule is Cc1ccc(N2C(=O)CS(=O)(=O)C23C(=O)N(Cc2cccc(F)c2)c2ccccc23)cc1Cl. The van der Waals surface area contributed by atoms with Crippen LogP contribution in [0, 0.1) is 12.7 Å². The molecule has 6 nitrogen and oxygen atoms in total.